The molecule has 0 aliphatic heterocycles. The molecule has 3 aromatic heterocycles. The van der Waals surface area contributed by atoms with Gasteiger partial charge in [-0.05, 0) is 42.0 Å². The molecule has 0 bridgehead atoms. The van der Waals surface area contributed by atoms with Gasteiger partial charge in [-0.25, -0.2) is 5.43 Å². The highest BCUT2D eigenvalue weighted by atomic mass is 35.5. The zero-order valence-electron chi connectivity index (χ0n) is 18.0. The van der Waals surface area contributed by atoms with E-state index in [-0.39, 0.29) is 11.7 Å². The summed E-state index contributed by atoms with van der Waals surface area (Å²) in [5, 5.41) is 16.1. The Bertz CT molecular complexity index is 1500. The average molecular weight is 537 g/mol. The van der Waals surface area contributed by atoms with Crippen molar-refractivity contribution in [3.8, 4) is 27.6 Å². The van der Waals surface area contributed by atoms with E-state index in [1.165, 1.54) is 34.4 Å². The van der Waals surface area contributed by atoms with Crippen molar-refractivity contribution in [2.45, 2.75) is 4.34 Å². The molecule has 35 heavy (non-hydrogen) atoms. The summed E-state index contributed by atoms with van der Waals surface area (Å²) in [6, 6.07) is 23.2. The van der Waals surface area contributed by atoms with Crippen molar-refractivity contribution < 1.29 is 4.79 Å². The molecule has 0 aliphatic rings. The van der Waals surface area contributed by atoms with E-state index in [0.717, 1.165) is 22.6 Å². The first kappa shape index (κ1) is 23.4. The molecule has 0 aliphatic carbocycles. The number of thioether (sulfide) groups is 1. The van der Waals surface area contributed by atoms with Crippen molar-refractivity contribution in [3.63, 3.8) is 0 Å². The Labute approximate surface area is 218 Å². The zero-order valence-corrected chi connectivity index (χ0v) is 21.2. The van der Waals surface area contributed by atoms with Gasteiger partial charge in [0.15, 0.2) is 9.35 Å². The Kier molecular flexibility index (Phi) is 7.34. The van der Waals surface area contributed by atoms with Crippen LogP contribution in [-0.4, -0.2) is 31.4 Å². The number of amides is 1. The molecule has 1 N–H and O–H groups in total. The maximum Gasteiger partial charge on any atom is 0.250 e. The number of nitrogens with one attached hydrogen (secondary N) is 1. The number of carbonyl (C=O) groups excluding carboxylic acids is 1. The Morgan fingerprint density at radius 3 is 2.60 bits per heavy atom. The topological polar surface area (TPSA) is 85.1 Å². The van der Waals surface area contributed by atoms with Crippen LogP contribution in [0.25, 0.3) is 27.6 Å². The van der Waals surface area contributed by atoms with E-state index in [0.29, 0.717) is 19.2 Å². The molecule has 0 unspecified atom stereocenters. The third-order valence-electron chi connectivity index (χ3n) is 4.76. The molecule has 11 heteroatoms. The van der Waals surface area contributed by atoms with Gasteiger partial charge in [-0.1, -0.05) is 71.1 Å². The van der Waals surface area contributed by atoms with Crippen molar-refractivity contribution >= 4 is 51.9 Å². The number of aromatic nitrogens is 4. The molecule has 5 aromatic rings. The van der Waals surface area contributed by atoms with E-state index in [2.05, 4.69) is 25.7 Å². The van der Waals surface area contributed by atoms with Crippen LogP contribution >= 0.6 is 46.0 Å². The van der Waals surface area contributed by atoms with Crippen molar-refractivity contribution in [1.29, 1.82) is 0 Å². The second-order valence-electron chi connectivity index (χ2n) is 7.10. The Balaban J connectivity index is 1.33. The zero-order chi connectivity index (χ0) is 24.0. The average Bonchev–Trinajstić information content (AvgIpc) is 3.55. The molecular weight excluding hydrogens is 520 g/mol. The highest BCUT2D eigenvalue weighted by molar-refractivity contribution is 8.01. The number of pyridine rings is 1. The normalized spacial score (nSPS) is 11.5. The van der Waals surface area contributed by atoms with Crippen molar-refractivity contribution in [3.05, 3.63) is 94.2 Å². The SMILES string of the molecule is O=C(CSc1nnc(-c2ccccn2)s1)NN=c1scc(-c2ccccc2)n1-c1ccc(Cl)cc1. The summed E-state index contributed by atoms with van der Waals surface area (Å²) in [6.07, 6.45) is 1.71. The molecule has 174 valence electrons. The highest BCUT2D eigenvalue weighted by Gasteiger charge is 2.12. The summed E-state index contributed by atoms with van der Waals surface area (Å²) in [5.41, 5.74) is 6.33. The lowest BCUT2D eigenvalue weighted by Gasteiger charge is -2.09. The fraction of sp³-hybridized carbons (Fsp3) is 0.0417. The monoisotopic (exact) mass is 536 g/mol. The van der Waals surface area contributed by atoms with E-state index >= 15 is 0 Å². The Hall–Kier alpha value is -3.31. The summed E-state index contributed by atoms with van der Waals surface area (Å²) in [4.78, 5) is 17.4. The molecule has 0 radical (unpaired) electrons. The molecule has 0 fully saturated rings. The fourth-order valence-corrected chi connectivity index (χ4v) is 5.78. The lowest BCUT2D eigenvalue weighted by molar-refractivity contribution is -0.118. The van der Waals surface area contributed by atoms with Crippen LogP contribution in [0.3, 0.4) is 0 Å². The van der Waals surface area contributed by atoms with E-state index in [9.17, 15) is 4.79 Å². The van der Waals surface area contributed by atoms with Gasteiger partial charge in [-0.3, -0.25) is 14.3 Å². The maximum atomic E-state index is 12.5. The number of hydrogen-bond donors (Lipinski definition) is 1. The number of carbonyl (C=O) groups is 1. The van der Waals surface area contributed by atoms with Gasteiger partial charge in [0.25, 0.3) is 5.91 Å². The number of benzene rings is 2. The fourth-order valence-electron chi connectivity index (χ4n) is 3.17. The highest BCUT2D eigenvalue weighted by Crippen LogP contribution is 2.28. The van der Waals surface area contributed by atoms with Gasteiger partial charge < -0.3 is 0 Å². The van der Waals surface area contributed by atoms with Crippen molar-refractivity contribution in [2.75, 3.05) is 5.75 Å². The molecule has 0 saturated heterocycles. The number of nitrogens with zero attached hydrogens (tertiary/aromatic N) is 5. The molecule has 7 nitrogen and oxygen atoms in total. The minimum absolute atomic E-state index is 0.165. The predicted octanol–water partition coefficient (Wildman–Crippen LogP) is 5.50. The van der Waals surface area contributed by atoms with E-state index in [4.69, 9.17) is 11.6 Å². The van der Waals surface area contributed by atoms with Crippen LogP contribution < -0.4 is 10.2 Å². The van der Waals surface area contributed by atoms with Gasteiger partial charge in [0, 0.05) is 22.3 Å². The summed E-state index contributed by atoms with van der Waals surface area (Å²) >= 11 is 10.2. The van der Waals surface area contributed by atoms with Crippen LogP contribution in [0.1, 0.15) is 0 Å². The third-order valence-corrected chi connectivity index (χ3v) is 7.91. The maximum absolute atomic E-state index is 12.5. The van der Waals surface area contributed by atoms with E-state index < -0.39 is 0 Å². The molecule has 0 spiro atoms. The Morgan fingerprint density at radius 2 is 1.83 bits per heavy atom. The lowest BCUT2D eigenvalue weighted by atomic mass is 10.1. The predicted molar refractivity (Wildman–Crippen MR) is 142 cm³/mol. The Morgan fingerprint density at radius 1 is 1.03 bits per heavy atom. The van der Waals surface area contributed by atoms with Gasteiger partial charge in [-0.2, -0.15) is 0 Å². The van der Waals surface area contributed by atoms with Gasteiger partial charge in [0.1, 0.15) is 5.69 Å². The lowest BCUT2D eigenvalue weighted by Crippen LogP contribution is -2.25. The first-order valence-corrected chi connectivity index (χ1v) is 13.5. The largest absolute Gasteiger partial charge is 0.284 e. The minimum atomic E-state index is -0.234. The molecule has 5 rings (SSSR count). The molecule has 2 aromatic carbocycles. The minimum Gasteiger partial charge on any atom is -0.284 e. The quantitative estimate of drug-likeness (QED) is 0.219. The molecular formula is C24H17ClN6OS3. The van der Waals surface area contributed by atoms with E-state index in [1.54, 1.807) is 6.20 Å². The molecule has 1 amide bonds. The molecule has 3 heterocycles. The number of thiazole rings is 1. The van der Waals surface area contributed by atoms with Crippen LogP contribution in [0.2, 0.25) is 5.02 Å². The van der Waals surface area contributed by atoms with Gasteiger partial charge >= 0.3 is 0 Å². The van der Waals surface area contributed by atoms with Crippen LogP contribution in [0.5, 0.6) is 0 Å². The summed E-state index contributed by atoms with van der Waals surface area (Å²) in [7, 11) is 0. The van der Waals surface area contributed by atoms with Crippen LogP contribution in [-0.2, 0) is 4.79 Å². The smallest absolute Gasteiger partial charge is 0.250 e. The summed E-state index contributed by atoms with van der Waals surface area (Å²) < 4.78 is 2.69. The van der Waals surface area contributed by atoms with Gasteiger partial charge in [-0.15, -0.1) is 26.6 Å². The number of rotatable bonds is 7. The van der Waals surface area contributed by atoms with Gasteiger partial charge in [0.2, 0.25) is 4.80 Å². The third kappa shape index (κ3) is 5.68. The van der Waals surface area contributed by atoms with Crippen LogP contribution in [0.15, 0.2) is 93.8 Å². The van der Waals surface area contributed by atoms with Crippen molar-refractivity contribution in [2.24, 2.45) is 5.10 Å². The molecule has 0 atom stereocenters. The number of hydrogen-bond acceptors (Lipinski definition) is 8. The molecule has 0 saturated carbocycles. The first-order valence-electron chi connectivity index (χ1n) is 10.4. The summed E-state index contributed by atoms with van der Waals surface area (Å²) in [6.45, 7) is 0. The van der Waals surface area contributed by atoms with Crippen LogP contribution in [0, 0.1) is 0 Å². The first-order chi connectivity index (χ1) is 17.2. The van der Waals surface area contributed by atoms with E-state index in [1.807, 2.05) is 82.7 Å². The number of halogens is 1. The van der Waals surface area contributed by atoms with Gasteiger partial charge in [0.05, 0.1) is 11.4 Å². The van der Waals surface area contributed by atoms with Crippen molar-refractivity contribution in [1.82, 2.24) is 25.2 Å². The van der Waals surface area contributed by atoms with Crippen LogP contribution in [0.4, 0.5) is 0 Å². The second-order valence-corrected chi connectivity index (χ2v) is 10.6. The standard InChI is InChI=1S/C24H17ClN6OS3/c25-17-9-11-18(12-10-17)31-20(16-6-2-1-3-7-16)14-33-23(31)29-27-21(32)15-34-24-30-28-22(35-24)19-8-4-5-13-26-19/h1-14H,15H2,(H,27,32). The summed E-state index contributed by atoms with van der Waals surface area (Å²) in [5.74, 6) is -0.0695. The second kappa shape index (κ2) is 11.0.